The van der Waals surface area contributed by atoms with Crippen molar-refractivity contribution in [3.8, 4) is 0 Å². The lowest BCUT2D eigenvalue weighted by Gasteiger charge is -2.33. The zero-order valence-electron chi connectivity index (χ0n) is 12.7. The van der Waals surface area contributed by atoms with Crippen LogP contribution >= 0.6 is 7.52 Å². The summed E-state index contributed by atoms with van der Waals surface area (Å²) < 4.78 is 18.9. The van der Waals surface area contributed by atoms with Gasteiger partial charge in [0.25, 0.3) is 0 Å². The number of hydrogen-bond donors (Lipinski definition) is 2. The van der Waals surface area contributed by atoms with Crippen molar-refractivity contribution in [1.82, 2.24) is 20.2 Å². The number of amidine groups is 1. The average molecular weight is 339 g/mol. The van der Waals surface area contributed by atoms with Crippen LogP contribution in [0.2, 0.25) is 0 Å². The first-order valence-electron chi connectivity index (χ1n) is 7.35. The molecule has 3 rings (SSSR count). The molecule has 11 heteroatoms. The third kappa shape index (κ3) is 2.91. The van der Waals surface area contributed by atoms with Crippen LogP contribution in [0.1, 0.15) is 32.1 Å². The monoisotopic (exact) mass is 339 g/mol. The molecule has 2 N–H and O–H groups in total. The molecule has 2 heterocycles. The van der Waals surface area contributed by atoms with Crippen molar-refractivity contribution in [3.63, 3.8) is 0 Å². The second kappa shape index (κ2) is 6.21. The highest BCUT2D eigenvalue weighted by atomic mass is 31.2. The average Bonchev–Trinajstić information content (AvgIpc) is 2.87. The fourth-order valence-corrected chi connectivity index (χ4v) is 4.95. The molecule has 124 valence electrons. The molecule has 1 fully saturated rings. The van der Waals surface area contributed by atoms with E-state index in [0.29, 0.717) is 12.8 Å². The Hall–Kier alpha value is -2.06. The van der Waals surface area contributed by atoms with Crippen molar-refractivity contribution in [2.75, 3.05) is 12.5 Å². The topological polar surface area (TPSA) is 121 Å². The summed E-state index contributed by atoms with van der Waals surface area (Å²) in [7, 11) is -2.04. The lowest BCUT2D eigenvalue weighted by molar-refractivity contribution is 0.360. The van der Waals surface area contributed by atoms with E-state index in [1.54, 1.807) is 18.5 Å². The van der Waals surface area contributed by atoms with Gasteiger partial charge >= 0.3 is 13.5 Å². The Kier molecular flexibility index (Phi) is 4.27. The van der Waals surface area contributed by atoms with Crippen molar-refractivity contribution in [1.29, 1.82) is 0 Å². The van der Waals surface area contributed by atoms with E-state index in [1.165, 1.54) is 7.05 Å². The van der Waals surface area contributed by atoms with Gasteiger partial charge in [-0.3, -0.25) is 9.99 Å². The summed E-state index contributed by atoms with van der Waals surface area (Å²) in [5, 5.41) is 5.54. The Morgan fingerprint density at radius 2 is 2.00 bits per heavy atom. The molecule has 23 heavy (non-hydrogen) atoms. The third-order valence-corrected chi connectivity index (χ3v) is 6.47. The van der Waals surface area contributed by atoms with Crippen molar-refractivity contribution < 1.29 is 9.09 Å². The molecule has 1 aromatic rings. The summed E-state index contributed by atoms with van der Waals surface area (Å²) in [6.07, 6.45) is 7.20. The number of nitrogens with zero attached hydrogens (tertiary/aromatic N) is 5. The fraction of sp³-hybridized carbons (Fsp3) is 0.583. The van der Waals surface area contributed by atoms with E-state index < -0.39 is 12.8 Å². The minimum absolute atomic E-state index is 0.0338. The molecule has 0 aromatic carbocycles. The highest BCUT2D eigenvalue weighted by Crippen LogP contribution is 2.65. The van der Waals surface area contributed by atoms with Crippen molar-refractivity contribution in [2.24, 2.45) is 10.3 Å². The largest absolute Gasteiger partial charge is 0.396 e. The highest BCUT2D eigenvalue weighted by Gasteiger charge is 2.57. The Bertz CT molecular complexity index is 647. The summed E-state index contributed by atoms with van der Waals surface area (Å²) in [5.41, 5.74) is 2.72. The van der Waals surface area contributed by atoms with Crippen LogP contribution in [0.3, 0.4) is 0 Å². The summed E-state index contributed by atoms with van der Waals surface area (Å²) in [6, 6.07) is 1.64. The summed E-state index contributed by atoms with van der Waals surface area (Å²) >= 11 is 0. The highest BCUT2D eigenvalue weighted by molar-refractivity contribution is 7.59. The number of hydrazine groups is 1. The summed E-state index contributed by atoms with van der Waals surface area (Å²) in [6.45, 7) is 0. The van der Waals surface area contributed by atoms with Gasteiger partial charge in [0.1, 0.15) is 0 Å². The number of nitrogens with one attached hydrogen (secondary N) is 2. The van der Waals surface area contributed by atoms with Gasteiger partial charge in [-0.25, -0.2) is 15.0 Å². The maximum absolute atomic E-state index is 13.4. The van der Waals surface area contributed by atoms with Crippen LogP contribution in [0.5, 0.6) is 0 Å². The maximum Gasteiger partial charge on any atom is 0.363 e. The van der Waals surface area contributed by atoms with Crippen molar-refractivity contribution >= 4 is 19.5 Å². The lowest BCUT2D eigenvalue weighted by Crippen LogP contribution is -2.35. The van der Waals surface area contributed by atoms with Crippen LogP contribution in [-0.4, -0.2) is 33.3 Å². The molecule has 1 spiro atoms. The quantitative estimate of drug-likeness (QED) is 0.487. The number of nitroso groups, excluding NO2 is 1. The third-order valence-electron chi connectivity index (χ3n) is 4.00. The summed E-state index contributed by atoms with van der Waals surface area (Å²) in [5.74, 6) is 0.271. The number of anilines is 1. The van der Waals surface area contributed by atoms with Gasteiger partial charge in [0, 0.05) is 19.4 Å². The van der Waals surface area contributed by atoms with Crippen LogP contribution in [0.4, 0.5) is 5.95 Å². The molecule has 0 unspecified atom stereocenters. The molecule has 2 aliphatic rings. The van der Waals surface area contributed by atoms with Gasteiger partial charge in [-0.2, -0.15) is 5.01 Å². The van der Waals surface area contributed by atoms with Gasteiger partial charge in [-0.05, 0) is 18.9 Å². The van der Waals surface area contributed by atoms with Crippen LogP contribution in [0.25, 0.3) is 0 Å². The number of aromatic nitrogens is 2. The first-order chi connectivity index (χ1) is 11.1. The van der Waals surface area contributed by atoms with E-state index in [-0.39, 0.29) is 12.0 Å². The number of rotatable bonds is 4. The Labute approximate surface area is 133 Å². The Morgan fingerprint density at radius 3 is 2.65 bits per heavy atom. The molecule has 0 saturated heterocycles. The molecule has 1 aliphatic carbocycles. The SMILES string of the molecule is CN(N=O)C1=NC2(CCCCC2)[P@@](=O)(NNc2ncccn2)O1. The van der Waals surface area contributed by atoms with E-state index in [0.717, 1.165) is 24.3 Å². The zero-order chi connectivity index (χ0) is 16.3. The smallest absolute Gasteiger partial charge is 0.363 e. The van der Waals surface area contributed by atoms with Gasteiger partial charge in [0.2, 0.25) is 5.95 Å². The first kappa shape index (κ1) is 15.8. The van der Waals surface area contributed by atoms with Crippen molar-refractivity contribution in [3.05, 3.63) is 23.4 Å². The van der Waals surface area contributed by atoms with Gasteiger partial charge in [0.05, 0.1) is 5.29 Å². The molecular weight excluding hydrogens is 321 g/mol. The molecule has 0 bridgehead atoms. The second-order valence-corrected chi connectivity index (χ2v) is 7.84. The van der Waals surface area contributed by atoms with E-state index in [9.17, 15) is 9.47 Å². The minimum atomic E-state index is -3.45. The zero-order valence-corrected chi connectivity index (χ0v) is 13.6. The molecule has 1 aromatic heterocycles. The molecule has 0 amide bonds. The van der Waals surface area contributed by atoms with Crippen LogP contribution in [0, 0.1) is 4.91 Å². The minimum Gasteiger partial charge on any atom is -0.396 e. The van der Waals surface area contributed by atoms with Crippen LogP contribution in [-0.2, 0) is 9.09 Å². The molecular formula is C12H18N7O3P. The normalized spacial score (nSPS) is 25.5. The first-order valence-corrected chi connectivity index (χ1v) is 8.98. The number of aliphatic imine (C=N–C) groups is 1. The van der Waals surface area contributed by atoms with Gasteiger partial charge in [-0.15, -0.1) is 10.1 Å². The van der Waals surface area contributed by atoms with Crippen molar-refractivity contribution in [2.45, 2.75) is 37.4 Å². The predicted octanol–water partition coefficient (Wildman–Crippen LogP) is 2.25. The molecule has 1 atom stereocenters. The van der Waals surface area contributed by atoms with E-state index in [1.807, 2.05) is 0 Å². The molecule has 0 radical (unpaired) electrons. The molecule has 10 nitrogen and oxygen atoms in total. The standard InChI is InChI=1S/C12H18N7O3P/c1-19(18-20)11-15-12(6-3-2-4-7-12)23(21,22-11)17-16-10-13-8-5-9-14-10/h5,8-9H,2-4,6-7H2,1H3,(H,17,21)(H,13,14,16)/t23-/m0/s1. The van der Waals surface area contributed by atoms with Gasteiger partial charge < -0.3 is 4.52 Å². The van der Waals surface area contributed by atoms with E-state index in [2.05, 4.69) is 30.9 Å². The Morgan fingerprint density at radius 1 is 1.30 bits per heavy atom. The fourth-order valence-electron chi connectivity index (χ4n) is 2.77. The lowest BCUT2D eigenvalue weighted by atomic mass is 9.95. The van der Waals surface area contributed by atoms with E-state index >= 15 is 0 Å². The van der Waals surface area contributed by atoms with Crippen LogP contribution < -0.4 is 10.6 Å². The maximum atomic E-state index is 13.4. The second-order valence-electron chi connectivity index (χ2n) is 5.49. The number of hydrogen-bond acceptors (Lipinski definition) is 8. The van der Waals surface area contributed by atoms with Gasteiger partial charge in [-0.1, -0.05) is 19.3 Å². The molecule has 1 saturated carbocycles. The van der Waals surface area contributed by atoms with Gasteiger partial charge in [0.15, 0.2) is 5.28 Å². The van der Waals surface area contributed by atoms with E-state index in [4.69, 9.17) is 4.52 Å². The summed E-state index contributed by atoms with van der Waals surface area (Å²) in [4.78, 5) is 23.2. The molecule has 1 aliphatic heterocycles. The predicted molar refractivity (Wildman–Crippen MR) is 84.3 cm³/mol. The Balaban J connectivity index is 1.83. The van der Waals surface area contributed by atoms with Crippen LogP contribution in [0.15, 0.2) is 28.7 Å².